The van der Waals surface area contributed by atoms with E-state index < -0.39 is 0 Å². The minimum atomic E-state index is -0.371. The van der Waals surface area contributed by atoms with Crippen LogP contribution >= 0.6 is 0 Å². The first-order chi connectivity index (χ1) is 12.7. The summed E-state index contributed by atoms with van der Waals surface area (Å²) in [4.78, 5) is 24.7. The smallest absolute Gasteiger partial charge is 0.252 e. The molecule has 26 heavy (non-hydrogen) atoms. The van der Waals surface area contributed by atoms with Crippen molar-refractivity contribution in [2.75, 3.05) is 0 Å². The molecule has 2 N–H and O–H groups in total. The number of rotatable bonds is 4. The Labute approximate surface area is 151 Å². The molecule has 1 atom stereocenters. The van der Waals surface area contributed by atoms with Crippen LogP contribution in [0.2, 0.25) is 0 Å². The molecule has 5 nitrogen and oxygen atoms in total. The lowest BCUT2D eigenvalue weighted by atomic mass is 10.1. The van der Waals surface area contributed by atoms with Crippen molar-refractivity contribution < 1.29 is 4.79 Å². The number of carbonyl (C=O) groups excluding carboxylic acids is 1. The van der Waals surface area contributed by atoms with Crippen LogP contribution in [-0.4, -0.2) is 20.9 Å². The Morgan fingerprint density at radius 3 is 2.58 bits per heavy atom. The third-order valence-electron chi connectivity index (χ3n) is 4.28. The molecular weight excluding hydrogens is 324 g/mol. The highest BCUT2D eigenvalue weighted by Gasteiger charge is 2.21. The van der Waals surface area contributed by atoms with Gasteiger partial charge >= 0.3 is 0 Å². The van der Waals surface area contributed by atoms with E-state index in [1.54, 1.807) is 24.5 Å². The maximum absolute atomic E-state index is 12.7. The highest BCUT2D eigenvalue weighted by atomic mass is 16.1. The zero-order valence-corrected chi connectivity index (χ0v) is 14.3. The van der Waals surface area contributed by atoms with Crippen molar-refractivity contribution in [1.29, 1.82) is 0 Å². The Balaban J connectivity index is 1.74. The molecule has 5 heteroatoms. The number of aromatic amines is 1. The number of aromatic nitrogens is 3. The minimum Gasteiger partial charge on any atom is -0.340 e. The van der Waals surface area contributed by atoms with E-state index in [-0.39, 0.29) is 11.9 Å². The van der Waals surface area contributed by atoms with Crippen LogP contribution in [0.4, 0.5) is 0 Å². The average Bonchev–Trinajstić information content (AvgIpc) is 3.10. The summed E-state index contributed by atoms with van der Waals surface area (Å²) in [5.74, 6) is 0.539. The highest BCUT2D eigenvalue weighted by molar-refractivity contribution is 5.94. The molecular formula is C21H18N4O. The molecule has 0 saturated carbocycles. The van der Waals surface area contributed by atoms with E-state index in [1.807, 2.05) is 49.4 Å². The van der Waals surface area contributed by atoms with Crippen molar-refractivity contribution in [2.24, 2.45) is 0 Å². The first-order valence-electron chi connectivity index (χ1n) is 8.43. The van der Waals surface area contributed by atoms with E-state index in [1.165, 1.54) is 0 Å². The molecule has 1 amide bonds. The quantitative estimate of drug-likeness (QED) is 0.593. The number of fused-ring (bicyclic) bond motifs is 1. The van der Waals surface area contributed by atoms with Crippen LogP contribution in [0.15, 0.2) is 73.1 Å². The van der Waals surface area contributed by atoms with Crippen LogP contribution in [-0.2, 0) is 0 Å². The molecule has 0 spiro atoms. The van der Waals surface area contributed by atoms with Crippen molar-refractivity contribution in [3.63, 3.8) is 0 Å². The number of nitrogens with zero attached hydrogens (tertiary/aromatic N) is 2. The van der Waals surface area contributed by atoms with Crippen LogP contribution in [0.25, 0.3) is 11.0 Å². The van der Waals surface area contributed by atoms with Crippen LogP contribution in [0.1, 0.15) is 33.4 Å². The molecule has 0 bridgehead atoms. The number of H-pyrrole nitrogens is 1. The number of carbonyl (C=O) groups is 1. The summed E-state index contributed by atoms with van der Waals surface area (Å²) in [5.41, 5.74) is 4.52. The van der Waals surface area contributed by atoms with Crippen molar-refractivity contribution in [3.8, 4) is 0 Å². The SMILES string of the molecule is Cc1ccc2nc(C(NC(=O)c3ccncc3)c3ccccc3)[nH]c2c1. The molecule has 2 heterocycles. The second kappa shape index (κ2) is 6.80. The second-order valence-electron chi connectivity index (χ2n) is 6.20. The molecule has 0 radical (unpaired) electrons. The van der Waals surface area contributed by atoms with Gasteiger partial charge in [0.2, 0.25) is 0 Å². The molecule has 1 unspecified atom stereocenters. The standard InChI is InChI=1S/C21H18N4O/c1-14-7-8-17-18(13-14)24-20(23-17)19(15-5-3-2-4-6-15)25-21(26)16-9-11-22-12-10-16/h2-13,19H,1H3,(H,23,24)(H,25,26). The zero-order valence-electron chi connectivity index (χ0n) is 14.3. The van der Waals surface area contributed by atoms with Gasteiger partial charge in [-0.05, 0) is 42.3 Å². The molecule has 0 aliphatic carbocycles. The van der Waals surface area contributed by atoms with Gasteiger partial charge in [0.15, 0.2) is 0 Å². The summed E-state index contributed by atoms with van der Waals surface area (Å²) < 4.78 is 0. The third kappa shape index (κ3) is 3.19. The van der Waals surface area contributed by atoms with Gasteiger partial charge in [0.25, 0.3) is 5.91 Å². The number of hydrogen-bond acceptors (Lipinski definition) is 3. The first-order valence-corrected chi connectivity index (χ1v) is 8.43. The lowest BCUT2D eigenvalue weighted by molar-refractivity contribution is 0.0941. The topological polar surface area (TPSA) is 70.7 Å². The van der Waals surface area contributed by atoms with Crippen molar-refractivity contribution in [2.45, 2.75) is 13.0 Å². The molecule has 0 fully saturated rings. The summed E-state index contributed by atoms with van der Waals surface area (Å²) in [6, 6.07) is 18.9. The van der Waals surface area contributed by atoms with E-state index in [2.05, 4.69) is 21.4 Å². The Morgan fingerprint density at radius 2 is 1.81 bits per heavy atom. The highest BCUT2D eigenvalue weighted by Crippen LogP contribution is 2.23. The maximum atomic E-state index is 12.7. The molecule has 4 rings (SSSR count). The predicted octanol–water partition coefficient (Wildman–Crippen LogP) is 3.79. The fourth-order valence-corrected chi connectivity index (χ4v) is 2.95. The number of benzene rings is 2. The summed E-state index contributed by atoms with van der Waals surface area (Å²) in [6.45, 7) is 2.04. The van der Waals surface area contributed by atoms with Crippen molar-refractivity contribution in [3.05, 3.63) is 95.6 Å². The number of pyridine rings is 1. The lowest BCUT2D eigenvalue weighted by Crippen LogP contribution is -2.30. The van der Waals surface area contributed by atoms with E-state index >= 15 is 0 Å². The molecule has 0 aliphatic heterocycles. The number of aryl methyl sites for hydroxylation is 1. The van der Waals surface area contributed by atoms with Gasteiger partial charge in [-0.2, -0.15) is 0 Å². The van der Waals surface area contributed by atoms with Crippen molar-refractivity contribution >= 4 is 16.9 Å². The molecule has 4 aromatic rings. The number of hydrogen-bond donors (Lipinski definition) is 2. The van der Waals surface area contributed by atoms with Crippen LogP contribution < -0.4 is 5.32 Å². The zero-order chi connectivity index (χ0) is 17.9. The first kappa shape index (κ1) is 16.0. The second-order valence-corrected chi connectivity index (χ2v) is 6.20. The van der Waals surface area contributed by atoms with Crippen molar-refractivity contribution in [1.82, 2.24) is 20.3 Å². The third-order valence-corrected chi connectivity index (χ3v) is 4.28. The van der Waals surface area contributed by atoms with Crippen LogP contribution in [0.5, 0.6) is 0 Å². The fraction of sp³-hybridized carbons (Fsp3) is 0.0952. The number of amides is 1. The Bertz CT molecular complexity index is 1040. The summed E-state index contributed by atoms with van der Waals surface area (Å²) in [5, 5.41) is 3.08. The van der Waals surface area contributed by atoms with E-state index in [0.29, 0.717) is 11.4 Å². The van der Waals surface area contributed by atoms with Gasteiger partial charge in [-0.15, -0.1) is 0 Å². The van der Waals surface area contributed by atoms with Gasteiger partial charge in [-0.1, -0.05) is 36.4 Å². The van der Waals surface area contributed by atoms with Crippen LogP contribution in [0.3, 0.4) is 0 Å². The lowest BCUT2D eigenvalue weighted by Gasteiger charge is -2.17. The predicted molar refractivity (Wildman–Crippen MR) is 101 cm³/mol. The summed E-state index contributed by atoms with van der Waals surface area (Å²) >= 11 is 0. The Morgan fingerprint density at radius 1 is 1.04 bits per heavy atom. The van der Waals surface area contributed by atoms with Gasteiger partial charge in [0, 0.05) is 18.0 Å². The molecule has 2 aromatic heterocycles. The van der Waals surface area contributed by atoms with Gasteiger partial charge in [-0.3, -0.25) is 9.78 Å². The van der Waals surface area contributed by atoms with E-state index in [4.69, 9.17) is 4.98 Å². The van der Waals surface area contributed by atoms with E-state index in [9.17, 15) is 4.79 Å². The molecule has 128 valence electrons. The Hall–Kier alpha value is -3.47. The Kier molecular flexibility index (Phi) is 4.19. The summed E-state index contributed by atoms with van der Waals surface area (Å²) in [6.07, 6.45) is 3.22. The minimum absolute atomic E-state index is 0.169. The van der Waals surface area contributed by atoms with E-state index in [0.717, 1.165) is 22.2 Å². The average molecular weight is 342 g/mol. The van der Waals surface area contributed by atoms with Crippen LogP contribution in [0, 0.1) is 6.92 Å². The molecule has 0 saturated heterocycles. The molecule has 2 aromatic carbocycles. The normalized spacial score (nSPS) is 12.0. The number of nitrogens with one attached hydrogen (secondary N) is 2. The largest absolute Gasteiger partial charge is 0.340 e. The maximum Gasteiger partial charge on any atom is 0.252 e. The summed E-state index contributed by atoms with van der Waals surface area (Å²) in [7, 11) is 0. The fourth-order valence-electron chi connectivity index (χ4n) is 2.95. The van der Waals surface area contributed by atoms with Gasteiger partial charge in [0.1, 0.15) is 11.9 Å². The molecule has 0 aliphatic rings. The van der Waals surface area contributed by atoms with Gasteiger partial charge in [0.05, 0.1) is 11.0 Å². The monoisotopic (exact) mass is 342 g/mol. The number of imidazole rings is 1. The van der Waals surface area contributed by atoms with Gasteiger partial charge in [-0.25, -0.2) is 4.98 Å². The van der Waals surface area contributed by atoms with Gasteiger partial charge < -0.3 is 10.3 Å².